The number of rotatable bonds is 7. The molecule has 0 aliphatic carbocycles. The molecule has 0 aliphatic rings. The van der Waals surface area contributed by atoms with Gasteiger partial charge in [-0.25, -0.2) is 28.9 Å². The molecule has 0 radical (unpaired) electrons. The number of halogens is 1. The van der Waals surface area contributed by atoms with Crippen LogP contribution in [0.5, 0.6) is 5.88 Å². The summed E-state index contributed by atoms with van der Waals surface area (Å²) in [5.41, 5.74) is 7.60. The molecule has 0 atom stereocenters. The van der Waals surface area contributed by atoms with Crippen molar-refractivity contribution in [2.45, 2.75) is 6.54 Å². The molecule has 34 heavy (non-hydrogen) atoms. The smallest absolute Gasteiger partial charge is 0.256 e. The second-order valence-corrected chi connectivity index (χ2v) is 7.10. The number of nitrogen functional groups attached to an aromatic ring is 1. The lowest BCUT2D eigenvalue weighted by molar-refractivity contribution is -0.114. The van der Waals surface area contributed by atoms with E-state index in [2.05, 4.69) is 31.5 Å². The molecule has 0 fully saturated rings. The van der Waals surface area contributed by atoms with Gasteiger partial charge in [0.1, 0.15) is 17.8 Å². The van der Waals surface area contributed by atoms with Crippen LogP contribution in [0.3, 0.4) is 0 Å². The van der Waals surface area contributed by atoms with E-state index in [1.54, 1.807) is 28.9 Å². The zero-order chi connectivity index (χ0) is 24.2. The average molecular weight is 458 g/mol. The summed E-state index contributed by atoms with van der Waals surface area (Å²) in [4.78, 5) is 29.7. The molecular formula is C23H19FN8O2. The number of pyridine rings is 1. The topological polar surface area (TPSA) is 116 Å². The molecule has 0 bridgehead atoms. The van der Waals surface area contributed by atoms with Crippen molar-refractivity contribution in [1.29, 1.82) is 0 Å². The second-order valence-electron chi connectivity index (χ2n) is 7.10. The van der Waals surface area contributed by atoms with Crippen LogP contribution in [0.15, 0.2) is 61.2 Å². The van der Waals surface area contributed by atoms with Crippen molar-refractivity contribution in [1.82, 2.24) is 24.7 Å². The number of aromatic nitrogens is 5. The summed E-state index contributed by atoms with van der Waals surface area (Å²) in [7, 11) is 1.32. The minimum Gasteiger partial charge on any atom is -0.479 e. The maximum Gasteiger partial charge on any atom is 0.256 e. The summed E-state index contributed by atoms with van der Waals surface area (Å²) in [6.45, 7) is 11.1. The van der Waals surface area contributed by atoms with Crippen molar-refractivity contribution in [3.63, 3.8) is 0 Å². The highest BCUT2D eigenvalue weighted by Crippen LogP contribution is 2.31. The number of nitrogens with two attached hydrogens (primary N) is 1. The van der Waals surface area contributed by atoms with E-state index in [1.807, 2.05) is 6.07 Å². The molecule has 170 valence electrons. The zero-order valence-corrected chi connectivity index (χ0v) is 18.1. The summed E-state index contributed by atoms with van der Waals surface area (Å²) in [6.07, 6.45) is 2.72. The first-order valence-electron chi connectivity index (χ1n) is 10.0. The Labute approximate surface area is 194 Å². The van der Waals surface area contributed by atoms with Gasteiger partial charge in [0.2, 0.25) is 11.6 Å². The molecule has 0 spiro atoms. The molecule has 3 heterocycles. The molecular weight excluding hydrogens is 439 g/mol. The van der Waals surface area contributed by atoms with Crippen molar-refractivity contribution in [3.05, 3.63) is 78.4 Å². The SMILES string of the molecule is [C-]#[N+]C(=C)C(=O)N(CCn1nc(-c2cnc(OC)c(F)c2)c2c(N)ncnc21)c1ccccc1. The number of carbonyl (C=O) groups excluding carboxylic acids is 1. The maximum absolute atomic E-state index is 14.3. The van der Waals surface area contributed by atoms with Crippen LogP contribution >= 0.6 is 0 Å². The Morgan fingerprint density at radius 3 is 2.74 bits per heavy atom. The van der Waals surface area contributed by atoms with E-state index in [-0.39, 0.29) is 30.5 Å². The lowest BCUT2D eigenvalue weighted by Crippen LogP contribution is -2.34. The van der Waals surface area contributed by atoms with Crippen molar-refractivity contribution in [3.8, 4) is 17.1 Å². The third-order valence-electron chi connectivity index (χ3n) is 5.06. The number of carbonyl (C=O) groups is 1. The lowest BCUT2D eigenvalue weighted by Gasteiger charge is -2.22. The highest BCUT2D eigenvalue weighted by molar-refractivity contribution is 6.06. The highest BCUT2D eigenvalue weighted by Gasteiger charge is 2.22. The van der Waals surface area contributed by atoms with Gasteiger partial charge in [0.05, 0.1) is 25.6 Å². The van der Waals surface area contributed by atoms with E-state index in [0.717, 1.165) is 0 Å². The van der Waals surface area contributed by atoms with E-state index < -0.39 is 11.7 Å². The Kier molecular flexibility index (Phi) is 6.13. The van der Waals surface area contributed by atoms with Gasteiger partial charge in [-0.15, -0.1) is 0 Å². The number of fused-ring (bicyclic) bond motifs is 1. The summed E-state index contributed by atoms with van der Waals surface area (Å²) < 4.78 is 20.8. The van der Waals surface area contributed by atoms with Crippen LogP contribution in [-0.2, 0) is 11.3 Å². The van der Waals surface area contributed by atoms with Crippen LogP contribution in [0.25, 0.3) is 27.1 Å². The quantitative estimate of drug-likeness (QED) is 0.334. The van der Waals surface area contributed by atoms with E-state index in [1.165, 1.54) is 30.6 Å². The lowest BCUT2D eigenvalue weighted by atomic mass is 10.1. The van der Waals surface area contributed by atoms with Crippen LogP contribution in [0.2, 0.25) is 0 Å². The van der Waals surface area contributed by atoms with Gasteiger partial charge in [0.25, 0.3) is 5.91 Å². The molecule has 2 N–H and O–H groups in total. The number of para-hydroxylation sites is 1. The molecule has 3 aromatic heterocycles. The number of methoxy groups -OCH3 is 1. The summed E-state index contributed by atoms with van der Waals surface area (Å²) in [5, 5.41) is 5.00. The molecule has 0 aliphatic heterocycles. The van der Waals surface area contributed by atoms with Gasteiger partial charge in [-0.3, -0.25) is 4.79 Å². The van der Waals surface area contributed by atoms with Crippen molar-refractivity contribution < 1.29 is 13.9 Å². The molecule has 0 saturated heterocycles. The van der Waals surface area contributed by atoms with Gasteiger partial charge in [0.15, 0.2) is 11.5 Å². The number of benzene rings is 1. The molecule has 10 nitrogen and oxygen atoms in total. The van der Waals surface area contributed by atoms with Crippen LogP contribution in [0, 0.1) is 12.4 Å². The largest absolute Gasteiger partial charge is 0.479 e. The minimum atomic E-state index is -0.656. The van der Waals surface area contributed by atoms with Crippen LogP contribution in [0.4, 0.5) is 15.9 Å². The summed E-state index contributed by atoms with van der Waals surface area (Å²) in [6, 6.07) is 10.2. The fraction of sp³-hybridized carbons (Fsp3) is 0.130. The van der Waals surface area contributed by atoms with E-state index in [9.17, 15) is 9.18 Å². The Balaban J connectivity index is 1.74. The van der Waals surface area contributed by atoms with Gasteiger partial charge < -0.3 is 15.4 Å². The summed E-state index contributed by atoms with van der Waals surface area (Å²) in [5.74, 6) is -1.15. The van der Waals surface area contributed by atoms with E-state index in [4.69, 9.17) is 17.0 Å². The molecule has 1 amide bonds. The first kappa shape index (κ1) is 22.3. The number of amides is 1. The van der Waals surface area contributed by atoms with Crippen LogP contribution in [0.1, 0.15) is 0 Å². The van der Waals surface area contributed by atoms with Crippen molar-refractivity contribution in [2.24, 2.45) is 0 Å². The zero-order valence-electron chi connectivity index (χ0n) is 18.1. The monoisotopic (exact) mass is 458 g/mol. The molecule has 11 heteroatoms. The molecule has 0 unspecified atom stereocenters. The first-order valence-corrected chi connectivity index (χ1v) is 10.0. The van der Waals surface area contributed by atoms with Crippen molar-refractivity contribution in [2.75, 3.05) is 24.3 Å². The molecule has 1 aromatic carbocycles. The highest BCUT2D eigenvalue weighted by atomic mass is 19.1. The minimum absolute atomic E-state index is 0.145. The Hall–Kier alpha value is -4.85. The Bertz CT molecular complexity index is 1430. The predicted molar refractivity (Wildman–Crippen MR) is 124 cm³/mol. The fourth-order valence-corrected chi connectivity index (χ4v) is 3.45. The number of nitrogens with zero attached hydrogens (tertiary/aromatic N) is 7. The molecule has 0 saturated carbocycles. The molecule has 4 aromatic rings. The number of hydrogen-bond donors (Lipinski definition) is 1. The van der Waals surface area contributed by atoms with Gasteiger partial charge in [-0.2, -0.15) is 5.10 Å². The predicted octanol–water partition coefficient (Wildman–Crippen LogP) is 3.08. The normalized spacial score (nSPS) is 10.6. The van der Waals surface area contributed by atoms with E-state index in [0.29, 0.717) is 28.0 Å². The van der Waals surface area contributed by atoms with E-state index >= 15 is 0 Å². The standard InChI is InChI=1S/C23H19FN8O2/c1-14(26-2)23(33)31(16-7-5-4-6-8-16)9-10-32-21-18(20(25)28-13-29-21)19(30-32)15-11-17(24)22(34-3)27-12-15/h4-8,11-13H,1,9-10H2,3H3,(H2,25,28,29). The fourth-order valence-electron chi connectivity index (χ4n) is 3.45. The van der Waals surface area contributed by atoms with Gasteiger partial charge >= 0.3 is 0 Å². The summed E-state index contributed by atoms with van der Waals surface area (Å²) >= 11 is 0. The number of anilines is 2. The van der Waals surface area contributed by atoms with Crippen molar-refractivity contribution >= 4 is 28.4 Å². The van der Waals surface area contributed by atoms with Gasteiger partial charge in [0, 0.05) is 24.0 Å². The maximum atomic E-state index is 14.3. The molecule has 4 rings (SSSR count). The number of hydrogen-bond acceptors (Lipinski definition) is 7. The van der Waals surface area contributed by atoms with Crippen LogP contribution < -0.4 is 15.4 Å². The second kappa shape index (κ2) is 9.33. The average Bonchev–Trinajstić information content (AvgIpc) is 3.24. The third kappa shape index (κ3) is 4.12. The Morgan fingerprint density at radius 2 is 2.06 bits per heavy atom. The Morgan fingerprint density at radius 1 is 1.29 bits per heavy atom. The van der Waals surface area contributed by atoms with Gasteiger partial charge in [-0.1, -0.05) is 24.8 Å². The first-order chi connectivity index (χ1) is 16.4. The third-order valence-corrected chi connectivity index (χ3v) is 5.06. The van der Waals surface area contributed by atoms with Crippen LogP contribution in [-0.4, -0.2) is 44.3 Å². The number of ether oxygens (including phenoxy) is 1. The van der Waals surface area contributed by atoms with Gasteiger partial charge in [-0.05, 0) is 18.2 Å².